The van der Waals surface area contributed by atoms with Crippen LogP contribution in [-0.4, -0.2) is 27.2 Å². The number of pyridine rings is 1. The Bertz CT molecular complexity index is 786. The molecule has 1 aliphatic rings. The molecule has 0 amide bonds. The lowest BCUT2D eigenvalue weighted by Gasteiger charge is -2.11. The standard InChI is InChI=1S/C18H19N3O/c1-13-4-6-16(19-10-13)14-5-7-17-18(9-14)21(12-20-17)11-15-3-2-8-22-15/h4-7,9-10,12,15H,2-3,8,11H2,1H3. The summed E-state index contributed by atoms with van der Waals surface area (Å²) in [4.78, 5) is 9.01. The van der Waals surface area contributed by atoms with Crippen LogP contribution < -0.4 is 0 Å². The van der Waals surface area contributed by atoms with E-state index in [2.05, 4.69) is 51.8 Å². The summed E-state index contributed by atoms with van der Waals surface area (Å²) in [6.45, 7) is 3.81. The van der Waals surface area contributed by atoms with Crippen molar-refractivity contribution in [3.63, 3.8) is 0 Å². The van der Waals surface area contributed by atoms with Crippen LogP contribution in [0.3, 0.4) is 0 Å². The average molecular weight is 293 g/mol. The van der Waals surface area contributed by atoms with Gasteiger partial charge in [-0.05, 0) is 43.5 Å². The van der Waals surface area contributed by atoms with E-state index >= 15 is 0 Å². The van der Waals surface area contributed by atoms with Gasteiger partial charge in [-0.15, -0.1) is 0 Å². The molecule has 22 heavy (non-hydrogen) atoms. The van der Waals surface area contributed by atoms with E-state index in [0.29, 0.717) is 6.10 Å². The van der Waals surface area contributed by atoms with Gasteiger partial charge in [-0.1, -0.05) is 12.1 Å². The van der Waals surface area contributed by atoms with E-state index in [1.165, 1.54) is 5.56 Å². The molecule has 3 heterocycles. The molecule has 0 bridgehead atoms. The smallest absolute Gasteiger partial charge is 0.0959 e. The highest BCUT2D eigenvalue weighted by Crippen LogP contribution is 2.24. The molecule has 4 rings (SSSR count). The molecule has 0 spiro atoms. The second-order valence-corrected chi connectivity index (χ2v) is 5.96. The van der Waals surface area contributed by atoms with Crippen LogP contribution in [0.25, 0.3) is 22.3 Å². The highest BCUT2D eigenvalue weighted by molar-refractivity contribution is 5.81. The zero-order valence-electron chi connectivity index (χ0n) is 12.7. The first-order valence-electron chi connectivity index (χ1n) is 7.79. The van der Waals surface area contributed by atoms with E-state index in [-0.39, 0.29) is 0 Å². The summed E-state index contributed by atoms with van der Waals surface area (Å²) in [5, 5.41) is 0. The van der Waals surface area contributed by atoms with Crippen LogP contribution in [0.15, 0.2) is 42.9 Å². The topological polar surface area (TPSA) is 39.9 Å². The van der Waals surface area contributed by atoms with Crippen molar-refractivity contribution < 1.29 is 4.74 Å². The van der Waals surface area contributed by atoms with Gasteiger partial charge < -0.3 is 9.30 Å². The van der Waals surface area contributed by atoms with Gasteiger partial charge in [0.15, 0.2) is 0 Å². The summed E-state index contributed by atoms with van der Waals surface area (Å²) in [6, 6.07) is 10.5. The van der Waals surface area contributed by atoms with E-state index in [1.807, 2.05) is 12.5 Å². The van der Waals surface area contributed by atoms with Crippen molar-refractivity contribution in [1.29, 1.82) is 0 Å². The van der Waals surface area contributed by atoms with Crippen LogP contribution in [0.1, 0.15) is 18.4 Å². The molecule has 0 N–H and O–H groups in total. The van der Waals surface area contributed by atoms with E-state index in [0.717, 1.165) is 48.3 Å². The van der Waals surface area contributed by atoms with Gasteiger partial charge in [0.2, 0.25) is 0 Å². The minimum absolute atomic E-state index is 0.318. The quantitative estimate of drug-likeness (QED) is 0.741. The Morgan fingerprint density at radius 3 is 2.95 bits per heavy atom. The summed E-state index contributed by atoms with van der Waals surface area (Å²) < 4.78 is 7.94. The van der Waals surface area contributed by atoms with Crippen LogP contribution in [0.4, 0.5) is 0 Å². The molecular weight excluding hydrogens is 274 g/mol. The number of aryl methyl sites for hydroxylation is 1. The first-order chi connectivity index (χ1) is 10.8. The Morgan fingerprint density at radius 1 is 1.23 bits per heavy atom. The molecule has 112 valence electrons. The number of aromatic nitrogens is 3. The third-order valence-corrected chi connectivity index (χ3v) is 4.25. The fourth-order valence-electron chi connectivity index (χ4n) is 3.01. The van der Waals surface area contributed by atoms with Crippen LogP contribution in [0.2, 0.25) is 0 Å². The average Bonchev–Trinajstić information content (AvgIpc) is 3.18. The van der Waals surface area contributed by atoms with Crippen molar-refractivity contribution in [1.82, 2.24) is 14.5 Å². The molecule has 0 radical (unpaired) electrons. The van der Waals surface area contributed by atoms with Gasteiger partial charge in [-0.3, -0.25) is 4.98 Å². The van der Waals surface area contributed by atoms with Gasteiger partial charge >= 0.3 is 0 Å². The summed E-state index contributed by atoms with van der Waals surface area (Å²) in [5.41, 5.74) is 5.47. The second kappa shape index (κ2) is 5.54. The van der Waals surface area contributed by atoms with E-state index < -0.39 is 0 Å². The number of benzene rings is 1. The maximum Gasteiger partial charge on any atom is 0.0959 e. The van der Waals surface area contributed by atoms with E-state index in [9.17, 15) is 0 Å². The molecular formula is C18H19N3O. The lowest BCUT2D eigenvalue weighted by molar-refractivity contribution is 0.0979. The number of rotatable bonds is 3. The summed E-state index contributed by atoms with van der Waals surface area (Å²) >= 11 is 0. The highest BCUT2D eigenvalue weighted by atomic mass is 16.5. The fourth-order valence-corrected chi connectivity index (χ4v) is 3.01. The minimum atomic E-state index is 0.318. The minimum Gasteiger partial charge on any atom is -0.376 e. The first-order valence-corrected chi connectivity index (χ1v) is 7.79. The maximum atomic E-state index is 5.74. The number of imidazole rings is 1. The monoisotopic (exact) mass is 293 g/mol. The Morgan fingerprint density at radius 2 is 2.18 bits per heavy atom. The van der Waals surface area contributed by atoms with Crippen molar-refractivity contribution in [3.05, 3.63) is 48.4 Å². The van der Waals surface area contributed by atoms with Gasteiger partial charge in [-0.25, -0.2) is 4.98 Å². The van der Waals surface area contributed by atoms with Crippen molar-refractivity contribution in [3.8, 4) is 11.3 Å². The summed E-state index contributed by atoms with van der Waals surface area (Å²) in [6.07, 6.45) is 6.44. The SMILES string of the molecule is Cc1ccc(-c2ccc3ncn(CC4CCCO4)c3c2)nc1. The molecule has 1 fully saturated rings. The normalized spacial score (nSPS) is 18.1. The van der Waals surface area contributed by atoms with Gasteiger partial charge in [0.25, 0.3) is 0 Å². The van der Waals surface area contributed by atoms with E-state index in [4.69, 9.17) is 4.74 Å². The van der Waals surface area contributed by atoms with Gasteiger partial charge in [0.1, 0.15) is 0 Å². The molecule has 1 saturated heterocycles. The van der Waals surface area contributed by atoms with Crippen molar-refractivity contribution in [2.75, 3.05) is 6.61 Å². The van der Waals surface area contributed by atoms with Crippen LogP contribution in [0, 0.1) is 6.92 Å². The lowest BCUT2D eigenvalue weighted by Crippen LogP contribution is -2.14. The number of ether oxygens (including phenoxy) is 1. The molecule has 4 nitrogen and oxygen atoms in total. The van der Waals surface area contributed by atoms with Crippen LogP contribution >= 0.6 is 0 Å². The van der Waals surface area contributed by atoms with Crippen molar-refractivity contribution in [2.24, 2.45) is 0 Å². The zero-order chi connectivity index (χ0) is 14.9. The number of nitrogens with zero attached hydrogens (tertiary/aromatic N) is 3. The Balaban J connectivity index is 1.70. The van der Waals surface area contributed by atoms with E-state index in [1.54, 1.807) is 0 Å². The number of hydrogen-bond acceptors (Lipinski definition) is 3. The molecule has 1 atom stereocenters. The number of hydrogen-bond donors (Lipinski definition) is 0. The van der Waals surface area contributed by atoms with Gasteiger partial charge in [-0.2, -0.15) is 0 Å². The Labute approximate surface area is 129 Å². The molecule has 3 aromatic rings. The predicted octanol–water partition coefficient (Wildman–Crippen LogP) is 3.59. The lowest BCUT2D eigenvalue weighted by atomic mass is 10.1. The largest absolute Gasteiger partial charge is 0.376 e. The van der Waals surface area contributed by atoms with Crippen LogP contribution in [0.5, 0.6) is 0 Å². The predicted molar refractivity (Wildman–Crippen MR) is 86.7 cm³/mol. The zero-order valence-corrected chi connectivity index (χ0v) is 12.7. The van der Waals surface area contributed by atoms with Crippen LogP contribution in [-0.2, 0) is 11.3 Å². The molecule has 0 aliphatic carbocycles. The number of fused-ring (bicyclic) bond motifs is 1. The van der Waals surface area contributed by atoms with Gasteiger partial charge in [0, 0.05) is 18.4 Å². The van der Waals surface area contributed by atoms with Gasteiger partial charge in [0.05, 0.1) is 35.7 Å². The third-order valence-electron chi connectivity index (χ3n) is 4.25. The molecule has 2 aromatic heterocycles. The Kier molecular flexibility index (Phi) is 3.39. The third kappa shape index (κ3) is 2.50. The summed E-state index contributed by atoms with van der Waals surface area (Å²) in [7, 11) is 0. The molecule has 1 unspecified atom stereocenters. The molecule has 1 aliphatic heterocycles. The van der Waals surface area contributed by atoms with Crippen molar-refractivity contribution >= 4 is 11.0 Å². The maximum absolute atomic E-state index is 5.74. The fraction of sp³-hybridized carbons (Fsp3) is 0.333. The molecule has 1 aromatic carbocycles. The molecule has 4 heteroatoms. The highest BCUT2D eigenvalue weighted by Gasteiger charge is 2.17. The first kappa shape index (κ1) is 13.5. The summed E-state index contributed by atoms with van der Waals surface area (Å²) in [5.74, 6) is 0. The van der Waals surface area contributed by atoms with Crippen molar-refractivity contribution in [2.45, 2.75) is 32.4 Å². The molecule has 0 saturated carbocycles. The Hall–Kier alpha value is -2.20. The second-order valence-electron chi connectivity index (χ2n) is 5.96.